The SMILES string of the molecule is Cc1cc(NC(=O)NCCN2CCC(NS(=O)(=O)c3ccc(CNC(=O)c4ccccc4)s3)C2)c2ccccc2n1. The number of nitrogens with one attached hydrogen (secondary N) is 4. The highest BCUT2D eigenvalue weighted by Gasteiger charge is 2.28. The van der Waals surface area contributed by atoms with Crippen molar-refractivity contribution in [1.82, 2.24) is 25.2 Å². The lowest BCUT2D eigenvalue weighted by atomic mass is 10.1. The first-order valence-corrected chi connectivity index (χ1v) is 15.6. The van der Waals surface area contributed by atoms with E-state index in [0.29, 0.717) is 37.3 Å². The van der Waals surface area contributed by atoms with Crippen molar-refractivity contribution in [2.24, 2.45) is 0 Å². The first kappa shape index (κ1) is 28.7. The number of rotatable bonds is 10. The van der Waals surface area contributed by atoms with Crippen molar-refractivity contribution in [2.45, 2.75) is 30.1 Å². The van der Waals surface area contributed by atoms with Gasteiger partial charge in [0.25, 0.3) is 5.91 Å². The number of hydrogen-bond acceptors (Lipinski definition) is 7. The van der Waals surface area contributed by atoms with Crippen LogP contribution in [0.3, 0.4) is 0 Å². The van der Waals surface area contributed by atoms with Gasteiger partial charge in [-0.3, -0.25) is 14.7 Å². The summed E-state index contributed by atoms with van der Waals surface area (Å²) in [4.78, 5) is 32.2. The third-order valence-electron chi connectivity index (χ3n) is 6.76. The van der Waals surface area contributed by atoms with Crippen LogP contribution in [0, 0.1) is 6.92 Å². The normalized spacial score (nSPS) is 15.6. The number of likely N-dealkylation sites (tertiary alicyclic amines) is 1. The number of sulfonamides is 1. The standard InChI is InChI=1S/C29H32N6O4S2/c1-20-17-26(24-9-5-6-10-25(24)32-20)33-29(37)30-14-16-35-15-13-22(19-35)34-41(38,39)27-12-11-23(40-27)18-31-28(36)21-7-3-2-4-8-21/h2-12,17,22,34H,13-16,18-19H2,1H3,(H,31,36)(H2,30,32,33,37). The average Bonchev–Trinajstić information content (AvgIpc) is 3.62. The summed E-state index contributed by atoms with van der Waals surface area (Å²) in [6.07, 6.45) is 0.680. The molecule has 1 unspecified atom stereocenters. The smallest absolute Gasteiger partial charge is 0.319 e. The van der Waals surface area contributed by atoms with Crippen LogP contribution in [0.25, 0.3) is 10.9 Å². The van der Waals surface area contributed by atoms with Crippen molar-refractivity contribution in [3.63, 3.8) is 0 Å². The van der Waals surface area contributed by atoms with Gasteiger partial charge in [-0.1, -0.05) is 36.4 Å². The first-order valence-electron chi connectivity index (χ1n) is 13.3. The van der Waals surface area contributed by atoms with Crippen LogP contribution in [0.2, 0.25) is 0 Å². The van der Waals surface area contributed by atoms with Gasteiger partial charge in [0, 0.05) is 47.2 Å². The minimum atomic E-state index is -3.68. The third-order valence-corrected chi connectivity index (χ3v) is 9.86. The zero-order valence-electron chi connectivity index (χ0n) is 22.6. The van der Waals surface area contributed by atoms with Crippen LogP contribution < -0.4 is 20.7 Å². The molecule has 1 fully saturated rings. The molecule has 0 aliphatic carbocycles. The molecule has 0 saturated carbocycles. The molecule has 2 aromatic carbocycles. The molecule has 3 amide bonds. The van der Waals surface area contributed by atoms with Gasteiger partial charge in [-0.05, 0) is 56.3 Å². The van der Waals surface area contributed by atoms with Gasteiger partial charge in [0.05, 0.1) is 17.7 Å². The van der Waals surface area contributed by atoms with E-state index < -0.39 is 10.0 Å². The molecule has 5 rings (SSSR count). The molecule has 1 aliphatic heterocycles. The number of aryl methyl sites for hydroxylation is 1. The molecule has 0 bridgehead atoms. The largest absolute Gasteiger partial charge is 0.347 e. The number of anilines is 1. The van der Waals surface area contributed by atoms with Gasteiger partial charge in [0.15, 0.2) is 0 Å². The fourth-order valence-corrected chi connectivity index (χ4v) is 7.35. The van der Waals surface area contributed by atoms with E-state index >= 15 is 0 Å². The maximum atomic E-state index is 13.0. The van der Waals surface area contributed by atoms with E-state index in [2.05, 4.69) is 30.6 Å². The molecule has 0 radical (unpaired) electrons. The van der Waals surface area contributed by atoms with Crippen LogP contribution in [-0.4, -0.2) is 62.5 Å². The van der Waals surface area contributed by atoms with Gasteiger partial charge in [-0.15, -0.1) is 11.3 Å². The molecule has 4 N–H and O–H groups in total. The summed E-state index contributed by atoms with van der Waals surface area (Å²) in [6, 6.07) is 21.1. The van der Waals surface area contributed by atoms with E-state index in [-0.39, 0.29) is 28.7 Å². The predicted molar refractivity (Wildman–Crippen MR) is 161 cm³/mol. The number of amides is 3. The number of nitrogens with zero attached hydrogens (tertiary/aromatic N) is 2. The Morgan fingerprint density at radius 1 is 1.02 bits per heavy atom. The lowest BCUT2D eigenvalue weighted by molar-refractivity contribution is 0.0951. The van der Waals surface area contributed by atoms with E-state index in [0.717, 1.165) is 39.4 Å². The van der Waals surface area contributed by atoms with Crippen molar-refractivity contribution in [3.05, 3.63) is 88.9 Å². The third kappa shape index (κ3) is 7.47. The van der Waals surface area contributed by atoms with Crippen LogP contribution in [-0.2, 0) is 16.6 Å². The van der Waals surface area contributed by atoms with Gasteiger partial charge in [0.2, 0.25) is 10.0 Å². The quantitative estimate of drug-likeness (QED) is 0.222. The van der Waals surface area contributed by atoms with Crippen molar-refractivity contribution < 1.29 is 18.0 Å². The molecule has 3 heterocycles. The van der Waals surface area contributed by atoms with E-state index in [9.17, 15) is 18.0 Å². The Kier molecular flexibility index (Phi) is 8.93. The van der Waals surface area contributed by atoms with Crippen molar-refractivity contribution in [2.75, 3.05) is 31.5 Å². The number of benzene rings is 2. The summed E-state index contributed by atoms with van der Waals surface area (Å²) in [5, 5.41) is 9.49. The van der Waals surface area contributed by atoms with Crippen LogP contribution in [0.5, 0.6) is 0 Å². The number of carbonyl (C=O) groups is 2. The first-order chi connectivity index (χ1) is 19.8. The Bertz CT molecular complexity index is 1640. The summed E-state index contributed by atoms with van der Waals surface area (Å²) >= 11 is 1.14. The summed E-state index contributed by atoms with van der Waals surface area (Å²) in [7, 11) is -3.68. The second-order valence-corrected chi connectivity index (χ2v) is 13.0. The summed E-state index contributed by atoms with van der Waals surface area (Å²) in [5.74, 6) is -0.208. The molecule has 214 valence electrons. The van der Waals surface area contributed by atoms with Crippen molar-refractivity contribution in [1.29, 1.82) is 0 Å². The Hall–Kier alpha value is -3.84. The zero-order chi connectivity index (χ0) is 28.8. The van der Waals surface area contributed by atoms with Gasteiger partial charge in [-0.25, -0.2) is 17.9 Å². The number of hydrogen-bond donors (Lipinski definition) is 4. The Balaban J connectivity index is 1.06. The molecule has 10 nitrogen and oxygen atoms in total. The lowest BCUT2D eigenvalue weighted by Gasteiger charge is -2.17. The highest BCUT2D eigenvalue weighted by molar-refractivity contribution is 7.91. The summed E-state index contributed by atoms with van der Waals surface area (Å²) in [6.45, 7) is 4.45. The van der Waals surface area contributed by atoms with Gasteiger partial charge in [-0.2, -0.15) is 0 Å². The van der Waals surface area contributed by atoms with Gasteiger partial charge >= 0.3 is 6.03 Å². The highest BCUT2D eigenvalue weighted by Crippen LogP contribution is 2.24. The molecule has 4 aromatic rings. The molecule has 2 aromatic heterocycles. The minimum Gasteiger partial charge on any atom is -0.347 e. The van der Waals surface area contributed by atoms with E-state index in [1.54, 1.807) is 36.4 Å². The molecule has 1 atom stereocenters. The van der Waals surface area contributed by atoms with Crippen LogP contribution in [0.1, 0.15) is 27.3 Å². The van der Waals surface area contributed by atoms with E-state index in [1.165, 1.54) is 0 Å². The maximum absolute atomic E-state index is 13.0. The topological polar surface area (TPSA) is 133 Å². The maximum Gasteiger partial charge on any atom is 0.319 e. The fraction of sp³-hybridized carbons (Fsp3) is 0.276. The highest BCUT2D eigenvalue weighted by atomic mass is 32.2. The van der Waals surface area contributed by atoms with E-state index in [1.807, 2.05) is 43.3 Å². The molecule has 1 aliphatic rings. The zero-order valence-corrected chi connectivity index (χ0v) is 24.2. The molecule has 12 heteroatoms. The van der Waals surface area contributed by atoms with E-state index in [4.69, 9.17) is 0 Å². The van der Waals surface area contributed by atoms with Crippen LogP contribution >= 0.6 is 11.3 Å². The molecule has 0 spiro atoms. The second-order valence-electron chi connectivity index (χ2n) is 9.89. The molecule has 41 heavy (non-hydrogen) atoms. The second kappa shape index (κ2) is 12.8. The summed E-state index contributed by atoms with van der Waals surface area (Å²) in [5.41, 5.74) is 2.90. The van der Waals surface area contributed by atoms with Crippen molar-refractivity contribution >= 4 is 49.9 Å². The number of fused-ring (bicyclic) bond motifs is 1. The number of pyridine rings is 1. The number of para-hydroxylation sites is 1. The number of urea groups is 1. The van der Waals surface area contributed by atoms with Gasteiger partial charge < -0.3 is 16.0 Å². The molecular formula is C29H32N6O4S2. The lowest BCUT2D eigenvalue weighted by Crippen LogP contribution is -2.39. The van der Waals surface area contributed by atoms with Crippen LogP contribution in [0.15, 0.2) is 77.0 Å². The number of aromatic nitrogens is 1. The fourth-order valence-electron chi connectivity index (χ4n) is 4.77. The van der Waals surface area contributed by atoms with Crippen molar-refractivity contribution in [3.8, 4) is 0 Å². The number of carbonyl (C=O) groups excluding carboxylic acids is 2. The Morgan fingerprint density at radius 3 is 2.63 bits per heavy atom. The Morgan fingerprint density at radius 2 is 1.80 bits per heavy atom. The average molecular weight is 593 g/mol. The van der Waals surface area contributed by atoms with Crippen LogP contribution in [0.4, 0.5) is 10.5 Å². The minimum absolute atomic E-state index is 0.208. The van der Waals surface area contributed by atoms with Gasteiger partial charge in [0.1, 0.15) is 4.21 Å². The molecular weight excluding hydrogens is 560 g/mol. The monoisotopic (exact) mass is 592 g/mol. The molecule has 1 saturated heterocycles. The summed E-state index contributed by atoms with van der Waals surface area (Å²) < 4.78 is 29.0. The Labute approximate surface area is 243 Å². The number of thiophene rings is 1. The predicted octanol–water partition coefficient (Wildman–Crippen LogP) is 3.71.